The molecular weight excluding hydrogens is 390 g/mol. The lowest BCUT2D eigenvalue weighted by Gasteiger charge is -2.11. The quantitative estimate of drug-likeness (QED) is 0.740. The molecule has 1 amide bonds. The molecule has 0 aliphatic heterocycles. The lowest BCUT2D eigenvalue weighted by Crippen LogP contribution is -2.21. The van der Waals surface area contributed by atoms with Crippen LogP contribution in [0.15, 0.2) is 40.9 Å². The molecule has 0 fully saturated rings. The summed E-state index contributed by atoms with van der Waals surface area (Å²) >= 11 is 3.30. The van der Waals surface area contributed by atoms with E-state index in [-0.39, 0.29) is 0 Å². The third-order valence-electron chi connectivity index (χ3n) is 3.35. The Kier molecular flexibility index (Phi) is 6.41. The Hall–Kier alpha value is -2.54. The minimum Gasteiger partial charge on any atom is -0.496 e. The van der Waals surface area contributed by atoms with E-state index in [9.17, 15) is 9.59 Å². The third kappa shape index (κ3) is 4.96. The average Bonchev–Trinajstić information content (AvgIpc) is 2.59. The molecule has 2 aromatic rings. The van der Waals surface area contributed by atoms with Crippen molar-refractivity contribution in [3.05, 3.63) is 52.0 Å². The van der Waals surface area contributed by atoms with Crippen LogP contribution in [0.1, 0.15) is 15.9 Å². The smallest absolute Gasteiger partial charge is 0.338 e. The number of halogens is 1. The fraction of sp³-hybridized carbons (Fsp3) is 0.222. The largest absolute Gasteiger partial charge is 0.496 e. The van der Waals surface area contributed by atoms with Gasteiger partial charge in [-0.2, -0.15) is 0 Å². The molecule has 6 nitrogen and oxygen atoms in total. The number of hydrogen-bond donors (Lipinski definition) is 1. The lowest BCUT2D eigenvalue weighted by molar-refractivity contribution is -0.119. The predicted octanol–water partition coefficient (Wildman–Crippen LogP) is 3.57. The van der Waals surface area contributed by atoms with Crippen molar-refractivity contribution in [2.24, 2.45) is 0 Å². The molecule has 0 bridgehead atoms. The first-order valence-corrected chi connectivity index (χ1v) is 8.19. The Balaban J connectivity index is 1.97. The molecule has 0 radical (unpaired) electrons. The zero-order valence-electron chi connectivity index (χ0n) is 14.1. The Morgan fingerprint density at radius 1 is 1.04 bits per heavy atom. The average molecular weight is 408 g/mol. The Bertz CT molecular complexity index is 791. The molecule has 0 aliphatic carbocycles. The summed E-state index contributed by atoms with van der Waals surface area (Å²) in [4.78, 5) is 24.1. The number of anilines is 1. The number of nitrogens with one attached hydrogen (secondary N) is 1. The van der Waals surface area contributed by atoms with Crippen molar-refractivity contribution in [2.45, 2.75) is 6.92 Å². The van der Waals surface area contributed by atoms with Crippen molar-refractivity contribution in [1.29, 1.82) is 0 Å². The van der Waals surface area contributed by atoms with Gasteiger partial charge in [-0.1, -0.05) is 6.07 Å². The van der Waals surface area contributed by atoms with Crippen LogP contribution in [0.4, 0.5) is 5.69 Å². The predicted molar refractivity (Wildman–Crippen MR) is 97.3 cm³/mol. The van der Waals surface area contributed by atoms with Gasteiger partial charge in [-0.3, -0.25) is 4.79 Å². The van der Waals surface area contributed by atoms with Gasteiger partial charge in [0.15, 0.2) is 6.61 Å². The highest BCUT2D eigenvalue weighted by molar-refractivity contribution is 9.10. The first-order chi connectivity index (χ1) is 11.9. The number of methoxy groups -OCH3 is 2. The van der Waals surface area contributed by atoms with E-state index >= 15 is 0 Å². The van der Waals surface area contributed by atoms with Gasteiger partial charge in [0.1, 0.15) is 11.5 Å². The van der Waals surface area contributed by atoms with Crippen LogP contribution in [0.25, 0.3) is 0 Å². The summed E-state index contributed by atoms with van der Waals surface area (Å²) in [7, 11) is 3.05. The number of rotatable bonds is 6. The van der Waals surface area contributed by atoms with Crippen molar-refractivity contribution in [3.63, 3.8) is 0 Å². The minimum atomic E-state index is -0.602. The topological polar surface area (TPSA) is 73.9 Å². The second kappa shape index (κ2) is 8.53. The molecule has 0 unspecified atom stereocenters. The van der Waals surface area contributed by atoms with E-state index in [0.29, 0.717) is 27.2 Å². The first kappa shape index (κ1) is 18.8. The van der Waals surface area contributed by atoms with E-state index in [1.165, 1.54) is 14.2 Å². The van der Waals surface area contributed by atoms with Crippen LogP contribution in [0.3, 0.4) is 0 Å². The van der Waals surface area contributed by atoms with E-state index in [4.69, 9.17) is 14.2 Å². The molecule has 0 spiro atoms. The molecule has 0 atom stereocenters. The zero-order chi connectivity index (χ0) is 18.4. The fourth-order valence-electron chi connectivity index (χ4n) is 2.11. The van der Waals surface area contributed by atoms with E-state index in [2.05, 4.69) is 21.2 Å². The maximum absolute atomic E-state index is 12.0. The molecule has 1 N–H and O–H groups in total. The lowest BCUT2D eigenvalue weighted by atomic mass is 10.2. The maximum Gasteiger partial charge on any atom is 0.338 e. The number of carbonyl (C=O) groups excluding carboxylic acids is 2. The van der Waals surface area contributed by atoms with Crippen LogP contribution in [-0.2, 0) is 9.53 Å². The molecule has 132 valence electrons. The van der Waals surface area contributed by atoms with Crippen molar-refractivity contribution in [1.82, 2.24) is 0 Å². The van der Waals surface area contributed by atoms with Crippen LogP contribution in [0.2, 0.25) is 0 Å². The van der Waals surface area contributed by atoms with Gasteiger partial charge in [-0.15, -0.1) is 0 Å². The number of ether oxygens (including phenoxy) is 3. The molecule has 0 aromatic heterocycles. The summed E-state index contributed by atoms with van der Waals surface area (Å²) in [6.07, 6.45) is 0. The number of amides is 1. The summed E-state index contributed by atoms with van der Waals surface area (Å²) in [5.74, 6) is 0.0738. The van der Waals surface area contributed by atoms with Gasteiger partial charge < -0.3 is 19.5 Å². The highest BCUT2D eigenvalue weighted by Gasteiger charge is 2.14. The summed E-state index contributed by atoms with van der Waals surface area (Å²) in [6, 6.07) is 10.2. The van der Waals surface area contributed by atoms with E-state index in [0.717, 1.165) is 5.56 Å². The number of hydrogen-bond acceptors (Lipinski definition) is 5. The van der Waals surface area contributed by atoms with Crippen LogP contribution in [0.5, 0.6) is 11.5 Å². The van der Waals surface area contributed by atoms with Gasteiger partial charge in [0.25, 0.3) is 5.91 Å². The van der Waals surface area contributed by atoms with Gasteiger partial charge in [0.05, 0.1) is 29.9 Å². The van der Waals surface area contributed by atoms with Crippen molar-refractivity contribution >= 4 is 33.5 Å². The molecule has 0 saturated heterocycles. The second-order valence-electron chi connectivity index (χ2n) is 5.18. The molecule has 0 saturated carbocycles. The molecule has 25 heavy (non-hydrogen) atoms. The van der Waals surface area contributed by atoms with Crippen molar-refractivity contribution < 1.29 is 23.8 Å². The molecule has 2 aromatic carbocycles. The first-order valence-electron chi connectivity index (χ1n) is 7.39. The summed E-state index contributed by atoms with van der Waals surface area (Å²) in [6.45, 7) is 1.50. The summed E-state index contributed by atoms with van der Waals surface area (Å²) in [5, 5.41) is 2.67. The molecule has 0 aliphatic rings. The van der Waals surface area contributed by atoms with E-state index in [1.54, 1.807) is 30.3 Å². The normalized spacial score (nSPS) is 10.1. The fourth-order valence-corrected chi connectivity index (χ4v) is 2.65. The van der Waals surface area contributed by atoms with Crippen molar-refractivity contribution in [3.8, 4) is 11.5 Å². The Labute approximate surface area is 154 Å². The van der Waals surface area contributed by atoms with Gasteiger partial charge >= 0.3 is 5.97 Å². The van der Waals surface area contributed by atoms with Gasteiger partial charge in [-0.05, 0) is 58.7 Å². The van der Waals surface area contributed by atoms with Crippen LogP contribution >= 0.6 is 15.9 Å². The zero-order valence-corrected chi connectivity index (χ0v) is 15.7. The number of benzene rings is 2. The minimum absolute atomic E-state index is 0.314. The van der Waals surface area contributed by atoms with Crippen LogP contribution in [-0.4, -0.2) is 32.7 Å². The van der Waals surface area contributed by atoms with E-state index in [1.807, 2.05) is 13.0 Å². The summed E-state index contributed by atoms with van der Waals surface area (Å²) in [5.41, 5.74) is 1.81. The number of aryl methyl sites for hydroxylation is 1. The van der Waals surface area contributed by atoms with Crippen LogP contribution in [0, 0.1) is 6.92 Å². The van der Waals surface area contributed by atoms with E-state index < -0.39 is 18.5 Å². The SMILES string of the molecule is COc1ccc(C(=O)OCC(=O)Nc2cc(C)ccc2OC)cc1Br. The highest BCUT2D eigenvalue weighted by Crippen LogP contribution is 2.26. The van der Waals surface area contributed by atoms with Crippen LogP contribution < -0.4 is 14.8 Å². The molecule has 2 rings (SSSR count). The van der Waals surface area contributed by atoms with Gasteiger partial charge in [0.2, 0.25) is 0 Å². The standard InChI is InChI=1S/C18H18BrNO5/c1-11-4-6-16(24-3)14(8-11)20-17(21)10-25-18(22)12-5-7-15(23-2)13(19)9-12/h4-9H,10H2,1-3H3,(H,20,21). The Morgan fingerprint density at radius 2 is 1.72 bits per heavy atom. The number of carbonyl (C=O) groups is 2. The molecule has 7 heteroatoms. The molecule has 0 heterocycles. The monoisotopic (exact) mass is 407 g/mol. The number of esters is 1. The van der Waals surface area contributed by atoms with Gasteiger partial charge in [-0.25, -0.2) is 4.79 Å². The van der Waals surface area contributed by atoms with Crippen molar-refractivity contribution in [2.75, 3.05) is 26.1 Å². The Morgan fingerprint density at radius 3 is 2.36 bits per heavy atom. The van der Waals surface area contributed by atoms with Gasteiger partial charge in [0, 0.05) is 0 Å². The second-order valence-corrected chi connectivity index (χ2v) is 6.03. The highest BCUT2D eigenvalue weighted by atomic mass is 79.9. The molecular formula is C18H18BrNO5. The summed E-state index contributed by atoms with van der Waals surface area (Å²) < 4.78 is 16.0. The maximum atomic E-state index is 12.0. The third-order valence-corrected chi connectivity index (χ3v) is 3.97.